The summed E-state index contributed by atoms with van der Waals surface area (Å²) in [5, 5.41) is 0. The van der Waals surface area contributed by atoms with Crippen LogP contribution in [0, 0.1) is 0 Å². The van der Waals surface area contributed by atoms with Gasteiger partial charge in [-0.05, 0) is 39.0 Å². The Morgan fingerprint density at radius 1 is 1.33 bits per heavy atom. The number of rotatable bonds is 7. The van der Waals surface area contributed by atoms with Crippen molar-refractivity contribution in [3.8, 4) is 0 Å². The highest BCUT2D eigenvalue weighted by Gasteiger charge is 2.12. The van der Waals surface area contributed by atoms with Gasteiger partial charge in [0.05, 0.1) is 6.61 Å². The van der Waals surface area contributed by atoms with Gasteiger partial charge in [0.25, 0.3) is 0 Å². The van der Waals surface area contributed by atoms with Gasteiger partial charge >= 0.3 is 0 Å². The van der Waals surface area contributed by atoms with Crippen molar-refractivity contribution in [2.45, 2.75) is 26.3 Å². The predicted octanol–water partition coefficient (Wildman–Crippen LogP) is 2.63. The first kappa shape index (κ1) is 15.0. The number of likely N-dealkylation sites (N-methyl/N-ethyl adjacent to an activating group) is 1. The number of methoxy groups -OCH3 is 1. The van der Waals surface area contributed by atoms with Gasteiger partial charge in [0.15, 0.2) is 0 Å². The monoisotopic (exact) mass is 250 g/mol. The lowest BCUT2D eigenvalue weighted by Crippen LogP contribution is -2.27. The first-order valence-electron chi connectivity index (χ1n) is 6.58. The third kappa shape index (κ3) is 4.67. The minimum atomic E-state index is 0.462. The fourth-order valence-corrected chi connectivity index (χ4v) is 1.90. The van der Waals surface area contributed by atoms with Gasteiger partial charge in [0.2, 0.25) is 0 Å². The average Bonchev–Trinajstić information content (AvgIpc) is 2.35. The van der Waals surface area contributed by atoms with Crippen LogP contribution >= 0.6 is 0 Å². The van der Waals surface area contributed by atoms with Gasteiger partial charge in [0.1, 0.15) is 0 Å². The van der Waals surface area contributed by atoms with Crippen molar-refractivity contribution >= 4 is 0 Å². The van der Waals surface area contributed by atoms with Crippen LogP contribution in [0.3, 0.4) is 0 Å². The van der Waals surface area contributed by atoms with E-state index in [4.69, 9.17) is 4.74 Å². The van der Waals surface area contributed by atoms with E-state index < -0.39 is 0 Å². The largest absolute Gasteiger partial charge is 0.383 e. The van der Waals surface area contributed by atoms with Crippen LogP contribution in [0.1, 0.15) is 20.3 Å². The van der Waals surface area contributed by atoms with Gasteiger partial charge in [-0.3, -0.25) is 0 Å². The molecule has 0 atom stereocenters. The molecule has 0 saturated carbocycles. The number of allylic oxidation sites excluding steroid dienone is 2. The van der Waals surface area contributed by atoms with E-state index in [1.165, 1.54) is 5.57 Å². The van der Waals surface area contributed by atoms with Crippen LogP contribution in [0.5, 0.6) is 0 Å². The summed E-state index contributed by atoms with van der Waals surface area (Å²) in [4.78, 5) is 4.52. The molecular weight excluding hydrogens is 224 g/mol. The fourth-order valence-electron chi connectivity index (χ4n) is 1.90. The number of hydrogen-bond acceptors (Lipinski definition) is 3. The highest BCUT2D eigenvalue weighted by molar-refractivity contribution is 5.32. The van der Waals surface area contributed by atoms with Crippen molar-refractivity contribution in [1.82, 2.24) is 9.80 Å². The molecule has 1 aliphatic rings. The molecule has 0 saturated heterocycles. The van der Waals surface area contributed by atoms with Gasteiger partial charge in [-0.15, -0.1) is 0 Å². The van der Waals surface area contributed by atoms with E-state index in [-0.39, 0.29) is 0 Å². The summed E-state index contributed by atoms with van der Waals surface area (Å²) in [7, 11) is 3.87. The summed E-state index contributed by atoms with van der Waals surface area (Å²) in [6, 6.07) is 0.462. The van der Waals surface area contributed by atoms with Crippen LogP contribution < -0.4 is 0 Å². The minimum Gasteiger partial charge on any atom is -0.383 e. The molecule has 18 heavy (non-hydrogen) atoms. The predicted molar refractivity (Wildman–Crippen MR) is 77.3 cm³/mol. The van der Waals surface area contributed by atoms with E-state index in [0.29, 0.717) is 6.04 Å². The molecule has 102 valence electrons. The van der Waals surface area contributed by atoms with E-state index in [1.807, 2.05) is 0 Å². The maximum absolute atomic E-state index is 5.08. The highest BCUT2D eigenvalue weighted by atomic mass is 16.5. The molecule has 0 aromatic rings. The fraction of sp³-hybridized carbons (Fsp3) is 0.600. The zero-order valence-electron chi connectivity index (χ0n) is 12.1. The third-order valence-electron chi connectivity index (χ3n) is 3.14. The van der Waals surface area contributed by atoms with Crippen molar-refractivity contribution in [3.63, 3.8) is 0 Å². The lowest BCUT2D eigenvalue weighted by atomic mass is 10.1. The zero-order valence-corrected chi connectivity index (χ0v) is 12.1. The Balaban J connectivity index is 2.45. The molecule has 0 fully saturated rings. The van der Waals surface area contributed by atoms with Crippen LogP contribution in [0.25, 0.3) is 0 Å². The SMILES string of the molecule is C=C1C=CC(CCN(C)CCOC)=CN1C(C)C. The molecule has 0 aromatic heterocycles. The molecule has 0 bridgehead atoms. The van der Waals surface area contributed by atoms with Crippen molar-refractivity contribution in [2.75, 3.05) is 33.9 Å². The van der Waals surface area contributed by atoms with Crippen molar-refractivity contribution in [2.24, 2.45) is 0 Å². The van der Waals surface area contributed by atoms with Gasteiger partial charge in [-0.1, -0.05) is 12.7 Å². The molecule has 3 nitrogen and oxygen atoms in total. The average molecular weight is 250 g/mol. The van der Waals surface area contributed by atoms with E-state index in [9.17, 15) is 0 Å². The molecule has 0 aliphatic carbocycles. The summed E-state index contributed by atoms with van der Waals surface area (Å²) in [5.41, 5.74) is 2.43. The second-order valence-electron chi connectivity index (χ2n) is 5.08. The standard InChI is InChI=1S/C15H26N2O/c1-13(2)17-12-15(7-6-14(17)3)8-9-16(4)10-11-18-5/h6-7,12-13H,3,8-11H2,1-2,4-5H3. The van der Waals surface area contributed by atoms with Crippen molar-refractivity contribution in [3.05, 3.63) is 36.2 Å². The molecular formula is C15H26N2O. The highest BCUT2D eigenvalue weighted by Crippen LogP contribution is 2.20. The maximum atomic E-state index is 5.08. The van der Waals surface area contributed by atoms with E-state index >= 15 is 0 Å². The van der Waals surface area contributed by atoms with Crippen molar-refractivity contribution < 1.29 is 4.74 Å². The van der Waals surface area contributed by atoms with Gasteiger partial charge in [-0.2, -0.15) is 0 Å². The Bertz CT molecular complexity index is 331. The zero-order chi connectivity index (χ0) is 13.5. The Morgan fingerprint density at radius 3 is 2.67 bits per heavy atom. The number of nitrogens with zero attached hydrogens (tertiary/aromatic N) is 2. The van der Waals surface area contributed by atoms with Crippen molar-refractivity contribution in [1.29, 1.82) is 0 Å². The molecule has 1 heterocycles. The molecule has 1 aliphatic heterocycles. The Hall–Kier alpha value is -1.06. The molecule has 1 rings (SSSR count). The van der Waals surface area contributed by atoms with E-state index in [2.05, 4.69) is 55.6 Å². The molecule has 0 amide bonds. The van der Waals surface area contributed by atoms with Crippen LogP contribution in [0.15, 0.2) is 36.2 Å². The summed E-state index contributed by atoms with van der Waals surface area (Å²) in [5.74, 6) is 0. The van der Waals surface area contributed by atoms with Crippen LogP contribution in [0.4, 0.5) is 0 Å². The van der Waals surface area contributed by atoms with E-state index in [0.717, 1.165) is 31.8 Å². The summed E-state index contributed by atoms with van der Waals surface area (Å²) in [6.45, 7) is 11.2. The normalized spacial score (nSPS) is 15.8. The van der Waals surface area contributed by atoms with Crippen LogP contribution in [-0.2, 0) is 4.74 Å². The summed E-state index contributed by atoms with van der Waals surface area (Å²) >= 11 is 0. The van der Waals surface area contributed by atoms with Gasteiger partial charge in [-0.25, -0.2) is 0 Å². The molecule has 0 radical (unpaired) electrons. The Kier molecular flexibility index (Phi) is 6.16. The Morgan fingerprint density at radius 2 is 2.06 bits per heavy atom. The molecule has 0 unspecified atom stereocenters. The first-order chi connectivity index (χ1) is 8.54. The molecule has 3 heteroatoms. The minimum absolute atomic E-state index is 0.462. The van der Waals surface area contributed by atoms with E-state index in [1.54, 1.807) is 7.11 Å². The number of ether oxygens (including phenoxy) is 1. The third-order valence-corrected chi connectivity index (χ3v) is 3.14. The van der Waals surface area contributed by atoms with Gasteiger partial charge < -0.3 is 14.5 Å². The Labute approximate surface area is 111 Å². The smallest absolute Gasteiger partial charge is 0.0589 e. The van der Waals surface area contributed by atoms with Gasteiger partial charge in [0, 0.05) is 38.1 Å². The second kappa shape index (κ2) is 7.39. The molecule has 0 N–H and O–H groups in total. The summed E-state index contributed by atoms with van der Waals surface area (Å²) < 4.78 is 5.08. The number of hydrogen-bond donors (Lipinski definition) is 0. The topological polar surface area (TPSA) is 15.7 Å². The first-order valence-corrected chi connectivity index (χ1v) is 6.58. The lowest BCUT2D eigenvalue weighted by Gasteiger charge is -2.29. The lowest BCUT2D eigenvalue weighted by molar-refractivity contribution is 0.162. The van der Waals surface area contributed by atoms with Crippen LogP contribution in [0.2, 0.25) is 0 Å². The maximum Gasteiger partial charge on any atom is 0.0589 e. The molecule has 0 aromatic carbocycles. The second-order valence-corrected chi connectivity index (χ2v) is 5.08. The van der Waals surface area contributed by atoms with Crippen LogP contribution in [-0.4, -0.2) is 49.7 Å². The summed E-state index contributed by atoms with van der Waals surface area (Å²) in [6.07, 6.45) is 7.56. The molecule has 0 spiro atoms. The quantitative estimate of drug-likeness (QED) is 0.691.